The molecule has 1 aromatic heterocycles. The summed E-state index contributed by atoms with van der Waals surface area (Å²) in [5.74, 6) is 0.130. The predicted octanol–water partition coefficient (Wildman–Crippen LogP) is 3.39. The van der Waals surface area contributed by atoms with E-state index in [1.807, 2.05) is 31.2 Å². The molecule has 1 amide bonds. The van der Waals surface area contributed by atoms with Crippen LogP contribution >= 0.6 is 0 Å². The molecular weight excluding hydrogens is 374 g/mol. The average Bonchev–Trinajstić information content (AvgIpc) is 2.67. The molecule has 0 radical (unpaired) electrons. The molecule has 7 heteroatoms. The Hall–Kier alpha value is -2.80. The zero-order chi connectivity index (χ0) is 20.5. The lowest BCUT2D eigenvalue weighted by atomic mass is 10.2. The van der Waals surface area contributed by atoms with Gasteiger partial charge in [-0.05, 0) is 39.0 Å². The molecule has 0 saturated heterocycles. The predicted molar refractivity (Wildman–Crippen MR) is 109 cm³/mol. The van der Waals surface area contributed by atoms with Gasteiger partial charge < -0.3 is 4.90 Å². The number of amides is 1. The Morgan fingerprint density at radius 2 is 1.68 bits per heavy atom. The number of rotatable bonds is 5. The molecule has 0 unspecified atom stereocenters. The van der Waals surface area contributed by atoms with Gasteiger partial charge in [0.25, 0.3) is 5.91 Å². The van der Waals surface area contributed by atoms with Gasteiger partial charge in [-0.1, -0.05) is 30.3 Å². The molecule has 3 rings (SSSR count). The van der Waals surface area contributed by atoms with Crippen LogP contribution in [-0.4, -0.2) is 41.5 Å². The second-order valence-corrected chi connectivity index (χ2v) is 9.47. The molecule has 0 spiro atoms. The molecule has 0 fully saturated rings. The third kappa shape index (κ3) is 3.75. The molecule has 3 aromatic rings. The molecule has 0 aliphatic rings. The van der Waals surface area contributed by atoms with Gasteiger partial charge in [-0.15, -0.1) is 0 Å². The van der Waals surface area contributed by atoms with Crippen LogP contribution in [0.4, 0.5) is 0 Å². The van der Waals surface area contributed by atoms with E-state index < -0.39 is 15.1 Å². The van der Waals surface area contributed by atoms with Crippen LogP contribution in [0, 0.1) is 6.92 Å². The number of hydrogen-bond acceptors (Lipinski definition) is 5. The highest BCUT2D eigenvalue weighted by Crippen LogP contribution is 2.22. The molecule has 6 nitrogen and oxygen atoms in total. The lowest BCUT2D eigenvalue weighted by Gasteiger charge is -2.19. The fourth-order valence-corrected chi connectivity index (χ4v) is 4.24. The van der Waals surface area contributed by atoms with Crippen molar-refractivity contribution < 1.29 is 13.2 Å². The van der Waals surface area contributed by atoms with Gasteiger partial charge in [0.1, 0.15) is 5.82 Å². The minimum Gasteiger partial charge on any atom is -0.334 e. The molecule has 0 bridgehead atoms. The van der Waals surface area contributed by atoms with Crippen molar-refractivity contribution in [3.63, 3.8) is 0 Å². The second kappa shape index (κ2) is 7.67. The highest BCUT2D eigenvalue weighted by molar-refractivity contribution is 7.92. The Morgan fingerprint density at radius 1 is 1.04 bits per heavy atom. The number of sulfone groups is 1. The summed E-state index contributed by atoms with van der Waals surface area (Å²) in [7, 11) is -1.95. The van der Waals surface area contributed by atoms with Gasteiger partial charge in [0, 0.05) is 18.1 Å². The number of aryl methyl sites for hydroxylation is 1. The van der Waals surface area contributed by atoms with E-state index in [0.717, 1.165) is 16.6 Å². The van der Waals surface area contributed by atoms with E-state index in [1.54, 1.807) is 39.1 Å². The van der Waals surface area contributed by atoms with Crippen LogP contribution in [0.1, 0.15) is 35.7 Å². The smallest absolute Gasteiger partial charge is 0.255 e. The topological polar surface area (TPSA) is 80.2 Å². The highest BCUT2D eigenvalue weighted by Gasteiger charge is 2.26. The number of nitrogens with zero attached hydrogens (tertiary/aromatic N) is 3. The molecule has 2 aromatic carbocycles. The van der Waals surface area contributed by atoms with Crippen LogP contribution in [0.25, 0.3) is 10.9 Å². The van der Waals surface area contributed by atoms with E-state index in [0.29, 0.717) is 5.82 Å². The van der Waals surface area contributed by atoms with Crippen molar-refractivity contribution in [2.45, 2.75) is 37.5 Å². The summed E-state index contributed by atoms with van der Waals surface area (Å²) in [5.41, 5.74) is 1.81. The quantitative estimate of drug-likeness (QED) is 0.659. The number of benzene rings is 2. The van der Waals surface area contributed by atoms with Crippen LogP contribution in [0.15, 0.2) is 53.4 Å². The van der Waals surface area contributed by atoms with E-state index >= 15 is 0 Å². The maximum absolute atomic E-state index is 13.0. The highest BCUT2D eigenvalue weighted by atomic mass is 32.2. The van der Waals surface area contributed by atoms with Gasteiger partial charge in [0.15, 0.2) is 9.84 Å². The van der Waals surface area contributed by atoms with Crippen LogP contribution < -0.4 is 0 Å². The second-order valence-electron chi connectivity index (χ2n) is 6.99. The summed E-state index contributed by atoms with van der Waals surface area (Å²) in [6, 6.07) is 14.0. The van der Waals surface area contributed by atoms with Gasteiger partial charge in [-0.2, -0.15) is 0 Å². The van der Waals surface area contributed by atoms with Crippen molar-refractivity contribution in [3.8, 4) is 0 Å². The first-order chi connectivity index (χ1) is 13.2. The number of para-hydroxylation sites is 1. The number of carbonyl (C=O) groups excluding carboxylic acids is 1. The zero-order valence-electron chi connectivity index (χ0n) is 16.4. The van der Waals surface area contributed by atoms with Crippen molar-refractivity contribution in [2.24, 2.45) is 0 Å². The number of aromatic nitrogens is 2. The van der Waals surface area contributed by atoms with E-state index in [2.05, 4.69) is 9.97 Å². The Morgan fingerprint density at radius 3 is 2.39 bits per heavy atom. The van der Waals surface area contributed by atoms with Gasteiger partial charge in [0.2, 0.25) is 0 Å². The van der Waals surface area contributed by atoms with E-state index in [4.69, 9.17) is 0 Å². The Kier molecular flexibility index (Phi) is 5.47. The van der Waals surface area contributed by atoms with E-state index in [9.17, 15) is 13.2 Å². The van der Waals surface area contributed by atoms with Gasteiger partial charge in [-0.3, -0.25) is 4.79 Å². The lowest BCUT2D eigenvalue weighted by Crippen LogP contribution is -2.29. The summed E-state index contributed by atoms with van der Waals surface area (Å²) in [6.07, 6.45) is 0. The summed E-state index contributed by atoms with van der Waals surface area (Å²) in [4.78, 5) is 23.5. The summed E-state index contributed by atoms with van der Waals surface area (Å²) in [5, 5.41) is 0.354. The molecule has 0 N–H and O–H groups in total. The van der Waals surface area contributed by atoms with Crippen molar-refractivity contribution in [1.29, 1.82) is 0 Å². The maximum Gasteiger partial charge on any atom is 0.255 e. The molecule has 0 aliphatic carbocycles. The molecule has 0 saturated carbocycles. The van der Waals surface area contributed by atoms with Crippen molar-refractivity contribution in [2.75, 3.05) is 7.05 Å². The summed E-state index contributed by atoms with van der Waals surface area (Å²) >= 11 is 0. The Labute approximate surface area is 165 Å². The monoisotopic (exact) mass is 397 g/mol. The molecule has 0 atom stereocenters. The normalized spacial score (nSPS) is 11.8. The minimum absolute atomic E-state index is 0.0532. The Balaban J connectivity index is 1.93. The van der Waals surface area contributed by atoms with Gasteiger partial charge >= 0.3 is 0 Å². The molecule has 0 aliphatic heterocycles. The van der Waals surface area contributed by atoms with Crippen LogP contribution in [0.3, 0.4) is 0 Å². The fraction of sp³-hybridized carbons (Fsp3) is 0.286. The van der Waals surface area contributed by atoms with Crippen LogP contribution in [0.5, 0.6) is 0 Å². The number of carbonyl (C=O) groups is 1. The summed E-state index contributed by atoms with van der Waals surface area (Å²) < 4.78 is 25.3. The standard InChI is InChI=1S/C21H23N3O3S/c1-14(2)28(26,27)19-12-8-6-10-17(19)21(25)24(4)13-20-22-15(3)16-9-5-7-11-18(16)23-20/h5-12,14H,13H2,1-4H3. The lowest BCUT2D eigenvalue weighted by molar-refractivity contribution is 0.0777. The van der Waals surface area contributed by atoms with Crippen molar-refractivity contribution in [1.82, 2.24) is 14.9 Å². The minimum atomic E-state index is -3.57. The molecule has 146 valence electrons. The first kappa shape index (κ1) is 19.9. The SMILES string of the molecule is Cc1nc(CN(C)C(=O)c2ccccc2S(=O)(=O)C(C)C)nc2ccccc12. The first-order valence-corrected chi connectivity index (χ1v) is 10.6. The largest absolute Gasteiger partial charge is 0.334 e. The molecular formula is C21H23N3O3S. The van der Waals surface area contributed by atoms with Crippen LogP contribution in [-0.2, 0) is 16.4 Å². The van der Waals surface area contributed by atoms with Gasteiger partial charge in [-0.25, -0.2) is 18.4 Å². The first-order valence-electron chi connectivity index (χ1n) is 9.02. The maximum atomic E-state index is 13.0. The zero-order valence-corrected chi connectivity index (χ0v) is 17.2. The van der Waals surface area contributed by atoms with Crippen LogP contribution in [0.2, 0.25) is 0 Å². The van der Waals surface area contributed by atoms with Crippen molar-refractivity contribution in [3.05, 3.63) is 65.6 Å². The molecule has 1 heterocycles. The third-order valence-electron chi connectivity index (χ3n) is 4.61. The third-order valence-corrected chi connectivity index (χ3v) is 6.82. The molecule has 28 heavy (non-hydrogen) atoms. The van der Waals surface area contributed by atoms with Crippen molar-refractivity contribution >= 4 is 26.6 Å². The van der Waals surface area contributed by atoms with E-state index in [1.165, 1.54) is 11.0 Å². The van der Waals surface area contributed by atoms with Gasteiger partial charge in [0.05, 0.1) is 27.8 Å². The van der Waals surface area contributed by atoms with E-state index in [-0.39, 0.29) is 22.9 Å². The number of hydrogen-bond donors (Lipinski definition) is 0. The number of fused-ring (bicyclic) bond motifs is 1. The Bertz CT molecular complexity index is 1140. The summed E-state index contributed by atoms with van der Waals surface area (Å²) in [6.45, 7) is 5.29. The average molecular weight is 398 g/mol. The fourth-order valence-electron chi connectivity index (χ4n) is 3.00.